The lowest BCUT2D eigenvalue weighted by atomic mass is 9.77. The van der Waals surface area contributed by atoms with Crippen LogP contribution >= 0.6 is 11.3 Å². The zero-order valence-electron chi connectivity index (χ0n) is 12.7. The molecule has 1 aliphatic rings. The largest absolute Gasteiger partial charge is 0.350 e. The van der Waals surface area contributed by atoms with Gasteiger partial charge in [-0.2, -0.15) is 0 Å². The van der Waals surface area contributed by atoms with Crippen LogP contribution in [0, 0.1) is 5.41 Å². The van der Waals surface area contributed by atoms with Crippen LogP contribution < -0.4 is 10.0 Å². The predicted octanol–water partition coefficient (Wildman–Crippen LogP) is 1.43. The van der Waals surface area contributed by atoms with Gasteiger partial charge in [-0.25, -0.2) is 13.1 Å². The highest BCUT2D eigenvalue weighted by molar-refractivity contribution is 7.90. The smallest absolute Gasteiger partial charge is 0.236 e. The first-order chi connectivity index (χ1) is 9.71. The molecule has 0 atom stereocenters. The summed E-state index contributed by atoms with van der Waals surface area (Å²) in [6.07, 6.45) is 3.35. The quantitative estimate of drug-likeness (QED) is 0.857. The lowest BCUT2D eigenvalue weighted by Crippen LogP contribution is -2.34. The van der Waals surface area contributed by atoms with E-state index in [0.29, 0.717) is 12.0 Å². The molecule has 0 saturated carbocycles. The van der Waals surface area contributed by atoms with Crippen molar-refractivity contribution in [2.75, 3.05) is 12.8 Å². The predicted molar refractivity (Wildman–Crippen MR) is 84.8 cm³/mol. The van der Waals surface area contributed by atoms with Gasteiger partial charge in [0.05, 0.1) is 6.54 Å². The number of thiophene rings is 1. The SMILES string of the molecule is CNS(=O)(=O)CC(=O)NCc1cc2c(s1)CCC(C)(C)C2. The van der Waals surface area contributed by atoms with Gasteiger partial charge in [0, 0.05) is 9.75 Å². The van der Waals surface area contributed by atoms with Crippen molar-refractivity contribution in [3.63, 3.8) is 0 Å². The number of rotatable bonds is 5. The number of carbonyl (C=O) groups is 1. The van der Waals surface area contributed by atoms with E-state index in [1.54, 1.807) is 11.3 Å². The lowest BCUT2D eigenvalue weighted by Gasteiger charge is -2.29. The average Bonchev–Trinajstić information content (AvgIpc) is 2.76. The summed E-state index contributed by atoms with van der Waals surface area (Å²) < 4.78 is 24.7. The molecule has 1 aromatic heterocycles. The number of nitrogens with one attached hydrogen (secondary N) is 2. The maximum Gasteiger partial charge on any atom is 0.236 e. The molecule has 5 nitrogen and oxygen atoms in total. The van der Waals surface area contributed by atoms with E-state index in [4.69, 9.17) is 0 Å². The fourth-order valence-corrected chi connectivity index (χ4v) is 4.23. The third-order valence-electron chi connectivity index (χ3n) is 3.74. The van der Waals surface area contributed by atoms with Crippen molar-refractivity contribution in [1.82, 2.24) is 10.0 Å². The molecule has 7 heteroatoms. The summed E-state index contributed by atoms with van der Waals surface area (Å²) in [6.45, 7) is 4.95. The number of hydrogen-bond acceptors (Lipinski definition) is 4. The minimum Gasteiger partial charge on any atom is -0.350 e. The summed E-state index contributed by atoms with van der Waals surface area (Å²) >= 11 is 1.72. The molecule has 0 bridgehead atoms. The van der Waals surface area contributed by atoms with Gasteiger partial charge in [0.1, 0.15) is 5.75 Å². The summed E-state index contributed by atoms with van der Waals surface area (Å²) in [4.78, 5) is 14.1. The Morgan fingerprint density at radius 1 is 1.43 bits per heavy atom. The lowest BCUT2D eigenvalue weighted by molar-refractivity contribution is -0.118. The maximum atomic E-state index is 11.6. The van der Waals surface area contributed by atoms with E-state index in [9.17, 15) is 13.2 Å². The van der Waals surface area contributed by atoms with Crippen LogP contribution in [0.1, 0.15) is 35.6 Å². The first-order valence-electron chi connectivity index (χ1n) is 6.99. The van der Waals surface area contributed by atoms with Gasteiger partial charge in [0.2, 0.25) is 15.9 Å². The number of aryl methyl sites for hydroxylation is 1. The molecule has 2 rings (SSSR count). The minimum atomic E-state index is -3.50. The first-order valence-corrected chi connectivity index (χ1v) is 9.46. The second-order valence-electron chi connectivity index (χ2n) is 6.24. The monoisotopic (exact) mass is 330 g/mol. The standard InChI is InChI=1S/C14H22N2O3S2/c1-14(2)5-4-12-10(7-14)6-11(20-12)8-16-13(17)9-21(18,19)15-3/h6,15H,4-5,7-9H2,1-3H3,(H,16,17). The van der Waals surface area contributed by atoms with Gasteiger partial charge < -0.3 is 5.32 Å². The van der Waals surface area contributed by atoms with Gasteiger partial charge in [0.25, 0.3) is 0 Å². The Bertz CT molecular complexity index is 633. The van der Waals surface area contributed by atoms with Gasteiger partial charge in [0.15, 0.2) is 0 Å². The van der Waals surface area contributed by atoms with Crippen molar-refractivity contribution in [3.05, 3.63) is 21.4 Å². The Hall–Kier alpha value is -0.920. The van der Waals surface area contributed by atoms with E-state index < -0.39 is 21.7 Å². The highest BCUT2D eigenvalue weighted by atomic mass is 32.2. The van der Waals surface area contributed by atoms with E-state index in [-0.39, 0.29) is 0 Å². The maximum absolute atomic E-state index is 11.6. The molecule has 1 aliphatic carbocycles. The van der Waals surface area contributed by atoms with E-state index in [1.807, 2.05) is 0 Å². The van der Waals surface area contributed by atoms with Crippen LogP contribution in [0.2, 0.25) is 0 Å². The van der Waals surface area contributed by atoms with E-state index >= 15 is 0 Å². The summed E-state index contributed by atoms with van der Waals surface area (Å²) in [6, 6.07) is 2.15. The first kappa shape index (κ1) is 16.5. The molecule has 0 unspecified atom stereocenters. The average molecular weight is 330 g/mol. The Morgan fingerprint density at radius 3 is 2.81 bits per heavy atom. The van der Waals surface area contributed by atoms with Crippen LogP contribution in [-0.4, -0.2) is 27.1 Å². The Labute approximate surface area is 130 Å². The second-order valence-corrected chi connectivity index (χ2v) is 9.39. The van der Waals surface area contributed by atoms with Crippen molar-refractivity contribution in [1.29, 1.82) is 0 Å². The molecule has 21 heavy (non-hydrogen) atoms. The van der Waals surface area contributed by atoms with Gasteiger partial charge >= 0.3 is 0 Å². The number of amides is 1. The Kier molecular flexibility index (Phi) is 4.75. The zero-order chi connectivity index (χ0) is 15.7. The molecular weight excluding hydrogens is 308 g/mol. The molecule has 1 aromatic rings. The zero-order valence-corrected chi connectivity index (χ0v) is 14.3. The summed E-state index contributed by atoms with van der Waals surface area (Å²) in [5, 5.41) is 2.67. The van der Waals surface area contributed by atoms with Crippen molar-refractivity contribution < 1.29 is 13.2 Å². The van der Waals surface area contributed by atoms with E-state index in [0.717, 1.165) is 17.7 Å². The minimum absolute atomic E-state index is 0.343. The molecule has 2 N–H and O–H groups in total. The van der Waals surface area contributed by atoms with Gasteiger partial charge in [-0.1, -0.05) is 13.8 Å². The molecule has 0 radical (unpaired) electrons. The normalized spacial score (nSPS) is 17.3. The van der Waals surface area contributed by atoms with Crippen LogP contribution in [0.5, 0.6) is 0 Å². The van der Waals surface area contributed by atoms with Gasteiger partial charge in [-0.3, -0.25) is 4.79 Å². The van der Waals surface area contributed by atoms with E-state index in [1.165, 1.54) is 23.9 Å². The summed E-state index contributed by atoms with van der Waals surface area (Å²) in [5.74, 6) is -1.00. The summed E-state index contributed by atoms with van der Waals surface area (Å²) in [7, 11) is -2.20. The number of sulfonamides is 1. The highest BCUT2D eigenvalue weighted by Crippen LogP contribution is 2.38. The summed E-state index contributed by atoms with van der Waals surface area (Å²) in [5.41, 5.74) is 1.72. The third kappa shape index (κ3) is 4.52. The molecule has 0 aromatic carbocycles. The van der Waals surface area contributed by atoms with Crippen LogP contribution in [0.15, 0.2) is 6.07 Å². The van der Waals surface area contributed by atoms with Crippen LogP contribution in [0.25, 0.3) is 0 Å². The van der Waals surface area contributed by atoms with Gasteiger partial charge in [-0.05, 0) is 43.4 Å². The molecule has 0 spiro atoms. The van der Waals surface area contributed by atoms with Crippen molar-refractivity contribution in [2.24, 2.45) is 5.41 Å². The van der Waals surface area contributed by atoms with Crippen molar-refractivity contribution in [2.45, 2.75) is 39.7 Å². The molecule has 118 valence electrons. The van der Waals surface area contributed by atoms with Crippen LogP contribution in [0.3, 0.4) is 0 Å². The molecule has 1 amide bonds. The van der Waals surface area contributed by atoms with Crippen LogP contribution in [-0.2, 0) is 34.2 Å². The molecule has 1 heterocycles. The number of hydrogen-bond donors (Lipinski definition) is 2. The third-order valence-corrected chi connectivity index (χ3v) is 6.24. The van der Waals surface area contributed by atoms with E-state index in [2.05, 4.69) is 30.0 Å². The topological polar surface area (TPSA) is 75.3 Å². The van der Waals surface area contributed by atoms with Crippen molar-refractivity contribution >= 4 is 27.3 Å². The number of carbonyl (C=O) groups excluding carboxylic acids is 1. The Morgan fingerprint density at radius 2 is 2.14 bits per heavy atom. The highest BCUT2D eigenvalue weighted by Gasteiger charge is 2.26. The van der Waals surface area contributed by atoms with Crippen molar-refractivity contribution in [3.8, 4) is 0 Å². The van der Waals surface area contributed by atoms with Crippen LogP contribution in [0.4, 0.5) is 0 Å². The number of fused-ring (bicyclic) bond motifs is 1. The fourth-order valence-electron chi connectivity index (χ4n) is 2.51. The molecule has 0 aliphatic heterocycles. The van der Waals surface area contributed by atoms with Gasteiger partial charge in [-0.15, -0.1) is 11.3 Å². The molecule has 0 fully saturated rings. The molecule has 0 saturated heterocycles. The Balaban J connectivity index is 1.94. The fraction of sp³-hybridized carbons (Fsp3) is 0.643. The second kappa shape index (κ2) is 6.06. The molecular formula is C14H22N2O3S2.